The van der Waals surface area contributed by atoms with Crippen molar-refractivity contribution in [2.75, 3.05) is 7.11 Å². The second-order valence-electron chi connectivity index (χ2n) is 3.98. The molecule has 0 saturated heterocycles. The summed E-state index contributed by atoms with van der Waals surface area (Å²) in [5, 5.41) is 0. The SMILES string of the molecule is COCc1cc(=O)[nH]c(-c2ccc(F)cc2C)n1. The van der Waals surface area contributed by atoms with Crippen LogP contribution in [0, 0.1) is 12.7 Å². The molecule has 0 fully saturated rings. The molecule has 94 valence electrons. The van der Waals surface area contributed by atoms with Crippen LogP contribution in [0.5, 0.6) is 0 Å². The summed E-state index contributed by atoms with van der Waals surface area (Å²) in [5.74, 6) is 0.110. The average molecular weight is 248 g/mol. The number of hydrogen-bond acceptors (Lipinski definition) is 3. The van der Waals surface area contributed by atoms with Gasteiger partial charge in [0.05, 0.1) is 12.3 Å². The first-order valence-electron chi connectivity index (χ1n) is 5.46. The van der Waals surface area contributed by atoms with Crippen molar-refractivity contribution < 1.29 is 9.13 Å². The van der Waals surface area contributed by atoms with E-state index in [4.69, 9.17) is 4.74 Å². The Morgan fingerprint density at radius 3 is 2.83 bits per heavy atom. The third-order valence-corrected chi connectivity index (χ3v) is 2.53. The Morgan fingerprint density at radius 1 is 1.39 bits per heavy atom. The van der Waals surface area contributed by atoms with E-state index in [1.54, 1.807) is 13.0 Å². The van der Waals surface area contributed by atoms with E-state index in [2.05, 4.69) is 9.97 Å². The summed E-state index contributed by atoms with van der Waals surface area (Å²) in [5.41, 5.74) is 1.70. The molecule has 0 atom stereocenters. The molecule has 2 aromatic rings. The van der Waals surface area contributed by atoms with Crippen molar-refractivity contribution >= 4 is 0 Å². The molecule has 0 radical (unpaired) electrons. The second-order valence-corrected chi connectivity index (χ2v) is 3.98. The van der Waals surface area contributed by atoms with Gasteiger partial charge < -0.3 is 9.72 Å². The number of aromatic nitrogens is 2. The molecule has 2 rings (SSSR count). The van der Waals surface area contributed by atoms with Gasteiger partial charge in [0.15, 0.2) is 0 Å². The Morgan fingerprint density at radius 2 is 2.17 bits per heavy atom. The van der Waals surface area contributed by atoms with Crippen molar-refractivity contribution in [1.82, 2.24) is 9.97 Å². The molecule has 0 unspecified atom stereocenters. The van der Waals surface area contributed by atoms with Gasteiger partial charge >= 0.3 is 0 Å². The number of aryl methyl sites for hydroxylation is 1. The lowest BCUT2D eigenvalue weighted by Gasteiger charge is -2.06. The van der Waals surface area contributed by atoms with Gasteiger partial charge in [0.25, 0.3) is 5.56 Å². The van der Waals surface area contributed by atoms with Crippen molar-refractivity contribution in [2.24, 2.45) is 0 Å². The number of methoxy groups -OCH3 is 1. The van der Waals surface area contributed by atoms with Gasteiger partial charge in [-0.25, -0.2) is 9.37 Å². The maximum atomic E-state index is 13.0. The lowest BCUT2D eigenvalue weighted by atomic mass is 10.1. The summed E-state index contributed by atoms with van der Waals surface area (Å²) < 4.78 is 18.0. The highest BCUT2D eigenvalue weighted by Crippen LogP contribution is 2.19. The van der Waals surface area contributed by atoms with Crippen LogP contribution in [0.25, 0.3) is 11.4 Å². The highest BCUT2D eigenvalue weighted by Gasteiger charge is 2.07. The van der Waals surface area contributed by atoms with E-state index in [0.29, 0.717) is 22.6 Å². The Labute approximate surface area is 103 Å². The zero-order valence-electron chi connectivity index (χ0n) is 10.2. The number of rotatable bonds is 3. The normalized spacial score (nSPS) is 10.6. The highest BCUT2D eigenvalue weighted by molar-refractivity contribution is 5.59. The first-order valence-corrected chi connectivity index (χ1v) is 5.46. The predicted molar refractivity (Wildman–Crippen MR) is 65.7 cm³/mol. The number of hydrogen-bond donors (Lipinski definition) is 1. The molecule has 0 spiro atoms. The number of H-pyrrole nitrogens is 1. The molecule has 1 aromatic carbocycles. The van der Waals surface area contributed by atoms with E-state index in [9.17, 15) is 9.18 Å². The number of nitrogens with one attached hydrogen (secondary N) is 1. The smallest absolute Gasteiger partial charge is 0.251 e. The van der Waals surface area contributed by atoms with Gasteiger partial charge in [0.1, 0.15) is 11.6 Å². The number of benzene rings is 1. The fourth-order valence-corrected chi connectivity index (χ4v) is 1.75. The van der Waals surface area contributed by atoms with Crippen LogP contribution >= 0.6 is 0 Å². The van der Waals surface area contributed by atoms with Gasteiger partial charge in [0, 0.05) is 18.7 Å². The number of ether oxygens (including phenoxy) is 1. The molecule has 1 aromatic heterocycles. The van der Waals surface area contributed by atoms with Crippen LogP contribution in [0.3, 0.4) is 0 Å². The van der Waals surface area contributed by atoms with Crippen LogP contribution in [0.15, 0.2) is 29.1 Å². The van der Waals surface area contributed by atoms with Gasteiger partial charge in [-0.05, 0) is 30.7 Å². The Balaban J connectivity index is 2.53. The van der Waals surface area contributed by atoms with Crippen LogP contribution in [-0.4, -0.2) is 17.1 Å². The lowest BCUT2D eigenvalue weighted by molar-refractivity contribution is 0.181. The highest BCUT2D eigenvalue weighted by atomic mass is 19.1. The van der Waals surface area contributed by atoms with Gasteiger partial charge in [-0.15, -0.1) is 0 Å². The second kappa shape index (κ2) is 5.10. The van der Waals surface area contributed by atoms with E-state index in [0.717, 1.165) is 0 Å². The monoisotopic (exact) mass is 248 g/mol. The quantitative estimate of drug-likeness (QED) is 0.904. The Hall–Kier alpha value is -2.01. The molecule has 0 bridgehead atoms. The molecular formula is C13H13FN2O2. The minimum Gasteiger partial charge on any atom is -0.378 e. The summed E-state index contributed by atoms with van der Waals surface area (Å²) in [6, 6.07) is 5.72. The van der Waals surface area contributed by atoms with Crippen molar-refractivity contribution in [3.8, 4) is 11.4 Å². The standard InChI is InChI=1S/C13H13FN2O2/c1-8-5-9(14)3-4-11(8)13-15-10(7-18-2)6-12(17)16-13/h3-6H,7H2,1-2H3,(H,15,16,17). The van der Waals surface area contributed by atoms with Crippen LogP contribution in [0.4, 0.5) is 4.39 Å². The molecule has 0 saturated carbocycles. The molecule has 18 heavy (non-hydrogen) atoms. The van der Waals surface area contributed by atoms with Crippen molar-refractivity contribution in [3.63, 3.8) is 0 Å². The van der Waals surface area contributed by atoms with Gasteiger partial charge in [0.2, 0.25) is 0 Å². The summed E-state index contributed by atoms with van der Waals surface area (Å²) >= 11 is 0. The molecule has 4 nitrogen and oxygen atoms in total. The minimum atomic E-state index is -0.313. The maximum absolute atomic E-state index is 13.0. The van der Waals surface area contributed by atoms with Crippen LogP contribution in [0.1, 0.15) is 11.3 Å². The third-order valence-electron chi connectivity index (χ3n) is 2.53. The average Bonchev–Trinajstić information content (AvgIpc) is 2.28. The van der Waals surface area contributed by atoms with Gasteiger partial charge in [-0.3, -0.25) is 4.79 Å². The fraction of sp³-hybridized carbons (Fsp3) is 0.231. The summed E-state index contributed by atoms with van der Waals surface area (Å²) in [7, 11) is 1.53. The molecule has 0 aliphatic heterocycles. The molecule has 0 amide bonds. The van der Waals surface area contributed by atoms with Gasteiger partial charge in [-0.2, -0.15) is 0 Å². The number of nitrogens with zero attached hydrogens (tertiary/aromatic N) is 1. The first kappa shape index (κ1) is 12.4. The molecule has 1 heterocycles. The third kappa shape index (κ3) is 2.62. The topological polar surface area (TPSA) is 55.0 Å². The van der Waals surface area contributed by atoms with Crippen LogP contribution in [-0.2, 0) is 11.3 Å². The van der Waals surface area contributed by atoms with E-state index >= 15 is 0 Å². The van der Waals surface area contributed by atoms with E-state index < -0.39 is 0 Å². The molecule has 1 N–H and O–H groups in total. The van der Waals surface area contributed by atoms with Crippen molar-refractivity contribution in [1.29, 1.82) is 0 Å². The molecule has 5 heteroatoms. The summed E-state index contributed by atoms with van der Waals surface area (Å²) in [6.45, 7) is 2.03. The number of aromatic amines is 1. The van der Waals surface area contributed by atoms with Crippen molar-refractivity contribution in [2.45, 2.75) is 13.5 Å². The molecule has 0 aliphatic rings. The summed E-state index contributed by atoms with van der Waals surface area (Å²) in [4.78, 5) is 18.4. The van der Waals surface area contributed by atoms with Crippen LogP contribution < -0.4 is 5.56 Å². The first-order chi connectivity index (χ1) is 8.60. The zero-order valence-corrected chi connectivity index (χ0v) is 10.2. The Kier molecular flexibility index (Phi) is 3.53. The Bertz CT molecular complexity index is 623. The van der Waals surface area contributed by atoms with E-state index in [1.165, 1.54) is 25.3 Å². The predicted octanol–water partition coefficient (Wildman–Crippen LogP) is 2.03. The van der Waals surface area contributed by atoms with Crippen molar-refractivity contribution in [3.05, 3.63) is 51.7 Å². The minimum absolute atomic E-state index is 0.254. The lowest BCUT2D eigenvalue weighted by Crippen LogP contribution is -2.11. The number of halogens is 1. The van der Waals surface area contributed by atoms with Crippen LogP contribution in [0.2, 0.25) is 0 Å². The largest absolute Gasteiger partial charge is 0.378 e. The summed E-state index contributed by atoms with van der Waals surface area (Å²) in [6.07, 6.45) is 0. The molecular weight excluding hydrogens is 235 g/mol. The zero-order chi connectivity index (χ0) is 13.1. The van der Waals surface area contributed by atoms with Gasteiger partial charge in [-0.1, -0.05) is 0 Å². The maximum Gasteiger partial charge on any atom is 0.251 e. The fourth-order valence-electron chi connectivity index (χ4n) is 1.75. The van der Waals surface area contributed by atoms with E-state index in [1.807, 2.05) is 0 Å². The van der Waals surface area contributed by atoms with E-state index in [-0.39, 0.29) is 18.0 Å². The molecule has 0 aliphatic carbocycles.